The first-order valence-electron chi connectivity index (χ1n) is 4.99. The van der Waals surface area contributed by atoms with E-state index < -0.39 is 6.61 Å². The molecule has 4 nitrogen and oxygen atoms in total. The molecule has 0 radical (unpaired) electrons. The largest absolute Gasteiger partial charge is 0.435 e. The molecule has 0 aliphatic rings. The Kier molecular flexibility index (Phi) is 4.96. The van der Waals surface area contributed by atoms with E-state index in [9.17, 15) is 13.6 Å². The molecule has 1 rings (SSSR count). The zero-order valence-electron chi connectivity index (χ0n) is 9.60. The molecule has 0 bridgehead atoms. The summed E-state index contributed by atoms with van der Waals surface area (Å²) in [7, 11) is 1.55. The zero-order chi connectivity index (χ0) is 13.7. The van der Waals surface area contributed by atoms with Crippen LogP contribution in [0.5, 0.6) is 5.75 Å². The predicted octanol–water partition coefficient (Wildman–Crippen LogP) is 1.65. The Labute approximate surface area is 108 Å². The molecule has 1 aromatic carbocycles. The fourth-order valence-electron chi connectivity index (χ4n) is 1.30. The summed E-state index contributed by atoms with van der Waals surface area (Å²) in [6, 6.07) is 5.40. The molecular formula is C11H12F2N2O2S. The van der Waals surface area contributed by atoms with Crippen LogP contribution in [0.1, 0.15) is 10.4 Å². The lowest BCUT2D eigenvalue weighted by molar-refractivity contribution is -0.0498. The summed E-state index contributed by atoms with van der Waals surface area (Å²) in [5.74, 6) is -0.301. The molecule has 1 aromatic rings. The number of carbonyl (C=O) groups is 1. The second-order valence-corrected chi connectivity index (χ2v) is 4.05. The fraction of sp³-hybridized carbons (Fsp3) is 0.273. The molecule has 0 atom stereocenters. The highest BCUT2D eigenvalue weighted by Gasteiger charge is 2.12. The van der Waals surface area contributed by atoms with Crippen LogP contribution >= 0.6 is 12.2 Å². The van der Waals surface area contributed by atoms with Gasteiger partial charge in [0.05, 0.1) is 11.5 Å². The van der Waals surface area contributed by atoms with E-state index in [4.69, 9.17) is 5.73 Å². The first-order chi connectivity index (χ1) is 8.40. The number of ether oxygens (including phenoxy) is 1. The summed E-state index contributed by atoms with van der Waals surface area (Å²) >= 11 is 4.69. The molecule has 98 valence electrons. The van der Waals surface area contributed by atoms with Crippen molar-refractivity contribution in [1.29, 1.82) is 0 Å². The minimum atomic E-state index is -2.89. The molecule has 2 N–H and O–H groups in total. The Morgan fingerprint density at radius 2 is 2.00 bits per heavy atom. The number of hydrogen-bond donors (Lipinski definition) is 1. The van der Waals surface area contributed by atoms with Crippen LogP contribution in [0, 0.1) is 0 Å². The van der Waals surface area contributed by atoms with E-state index in [-0.39, 0.29) is 23.2 Å². The smallest absolute Gasteiger partial charge is 0.387 e. The van der Waals surface area contributed by atoms with Crippen molar-refractivity contribution in [1.82, 2.24) is 4.90 Å². The number of alkyl halides is 2. The number of hydrogen-bond acceptors (Lipinski definition) is 3. The number of rotatable bonds is 5. The molecule has 0 saturated carbocycles. The van der Waals surface area contributed by atoms with Crippen LogP contribution in [0.15, 0.2) is 24.3 Å². The number of benzene rings is 1. The first-order valence-corrected chi connectivity index (χ1v) is 5.39. The number of nitrogens with zero attached hydrogens (tertiary/aromatic N) is 1. The average molecular weight is 274 g/mol. The van der Waals surface area contributed by atoms with E-state index in [0.717, 1.165) is 0 Å². The number of carbonyl (C=O) groups excluding carboxylic acids is 1. The molecule has 18 heavy (non-hydrogen) atoms. The highest BCUT2D eigenvalue weighted by atomic mass is 32.1. The molecule has 0 fully saturated rings. The number of nitrogens with two attached hydrogens (primary N) is 1. The van der Waals surface area contributed by atoms with Crippen LogP contribution in [0.2, 0.25) is 0 Å². The fourth-order valence-corrected chi connectivity index (χ4v) is 1.50. The summed E-state index contributed by atoms with van der Waals surface area (Å²) in [6.45, 7) is -2.73. The maximum absolute atomic E-state index is 11.9. The Hall–Kier alpha value is -1.76. The number of amides is 1. The lowest BCUT2D eigenvalue weighted by Gasteiger charge is -2.16. The molecule has 1 amide bonds. The van der Waals surface area contributed by atoms with Crippen molar-refractivity contribution in [2.45, 2.75) is 6.61 Å². The van der Waals surface area contributed by atoms with Gasteiger partial charge in [-0.15, -0.1) is 0 Å². The minimum absolute atomic E-state index is 0.00134. The number of likely N-dealkylation sites (N-methyl/N-ethyl adjacent to an activating group) is 1. The lowest BCUT2D eigenvalue weighted by Crippen LogP contribution is -2.34. The monoisotopic (exact) mass is 274 g/mol. The van der Waals surface area contributed by atoms with Crippen molar-refractivity contribution >= 4 is 23.1 Å². The molecule has 0 aromatic heterocycles. The number of thiocarbonyl (C=S) groups is 1. The minimum Gasteiger partial charge on any atom is -0.435 e. The summed E-state index contributed by atoms with van der Waals surface area (Å²) in [4.78, 5) is 13.4. The van der Waals surface area contributed by atoms with Crippen molar-refractivity contribution in [3.63, 3.8) is 0 Å². The summed E-state index contributed by atoms with van der Waals surface area (Å²) in [5.41, 5.74) is 5.67. The van der Waals surface area contributed by atoms with E-state index in [0.29, 0.717) is 5.56 Å². The van der Waals surface area contributed by atoms with Crippen molar-refractivity contribution in [3.05, 3.63) is 29.8 Å². The van der Waals surface area contributed by atoms with Gasteiger partial charge in [0.1, 0.15) is 5.75 Å². The molecule has 0 spiro atoms. The molecule has 0 aliphatic carbocycles. The third-order valence-electron chi connectivity index (χ3n) is 2.07. The third kappa shape index (κ3) is 4.25. The summed E-state index contributed by atoms with van der Waals surface area (Å²) < 4.78 is 28.0. The summed E-state index contributed by atoms with van der Waals surface area (Å²) in [5, 5.41) is 0. The van der Waals surface area contributed by atoms with Crippen LogP contribution in [0.3, 0.4) is 0 Å². The van der Waals surface area contributed by atoms with Gasteiger partial charge in [-0.05, 0) is 24.3 Å². The summed E-state index contributed by atoms with van der Waals surface area (Å²) in [6.07, 6.45) is 0. The predicted molar refractivity (Wildman–Crippen MR) is 66.8 cm³/mol. The maximum Gasteiger partial charge on any atom is 0.387 e. The van der Waals surface area contributed by atoms with Crippen LogP contribution in [-0.4, -0.2) is 36.0 Å². The lowest BCUT2D eigenvalue weighted by atomic mass is 10.2. The van der Waals surface area contributed by atoms with Gasteiger partial charge in [-0.3, -0.25) is 4.79 Å². The average Bonchev–Trinajstić information content (AvgIpc) is 2.27. The van der Waals surface area contributed by atoms with Gasteiger partial charge in [0.2, 0.25) is 0 Å². The second kappa shape index (κ2) is 6.25. The normalized spacial score (nSPS) is 10.2. The van der Waals surface area contributed by atoms with Gasteiger partial charge in [-0.25, -0.2) is 0 Å². The van der Waals surface area contributed by atoms with Crippen LogP contribution in [-0.2, 0) is 0 Å². The van der Waals surface area contributed by atoms with Crippen molar-refractivity contribution in [2.75, 3.05) is 13.6 Å². The van der Waals surface area contributed by atoms with Crippen LogP contribution in [0.25, 0.3) is 0 Å². The quantitative estimate of drug-likeness (QED) is 0.829. The van der Waals surface area contributed by atoms with Gasteiger partial charge >= 0.3 is 6.61 Å². The molecule has 0 heterocycles. The van der Waals surface area contributed by atoms with Gasteiger partial charge in [-0.2, -0.15) is 8.78 Å². The van der Waals surface area contributed by atoms with Gasteiger partial charge < -0.3 is 15.4 Å². The maximum atomic E-state index is 11.9. The highest BCUT2D eigenvalue weighted by Crippen LogP contribution is 2.15. The molecule has 0 unspecified atom stereocenters. The van der Waals surface area contributed by atoms with E-state index >= 15 is 0 Å². The van der Waals surface area contributed by atoms with Crippen LogP contribution < -0.4 is 10.5 Å². The number of halogens is 2. The van der Waals surface area contributed by atoms with Gasteiger partial charge in [-0.1, -0.05) is 12.2 Å². The zero-order valence-corrected chi connectivity index (χ0v) is 10.4. The Morgan fingerprint density at radius 3 is 2.44 bits per heavy atom. The molecule has 7 heteroatoms. The SMILES string of the molecule is CN(CC(N)=S)C(=O)c1ccc(OC(F)F)cc1. The Balaban J connectivity index is 2.72. The van der Waals surface area contributed by atoms with E-state index in [1.165, 1.54) is 29.2 Å². The molecular weight excluding hydrogens is 262 g/mol. The Bertz CT molecular complexity index is 437. The third-order valence-corrected chi connectivity index (χ3v) is 2.20. The topological polar surface area (TPSA) is 55.6 Å². The Morgan fingerprint density at radius 1 is 1.44 bits per heavy atom. The van der Waals surface area contributed by atoms with E-state index in [1.807, 2.05) is 0 Å². The van der Waals surface area contributed by atoms with Crippen molar-refractivity contribution in [2.24, 2.45) is 5.73 Å². The second-order valence-electron chi connectivity index (χ2n) is 3.53. The highest BCUT2D eigenvalue weighted by molar-refractivity contribution is 7.80. The van der Waals surface area contributed by atoms with Crippen molar-refractivity contribution < 1.29 is 18.3 Å². The molecule has 0 aliphatic heterocycles. The van der Waals surface area contributed by atoms with Gasteiger partial charge in [0.25, 0.3) is 5.91 Å². The molecule has 0 saturated heterocycles. The van der Waals surface area contributed by atoms with Crippen molar-refractivity contribution in [3.8, 4) is 5.75 Å². The first kappa shape index (κ1) is 14.3. The van der Waals surface area contributed by atoms with Crippen LogP contribution in [0.4, 0.5) is 8.78 Å². The van der Waals surface area contributed by atoms with Gasteiger partial charge in [0.15, 0.2) is 0 Å². The van der Waals surface area contributed by atoms with E-state index in [1.54, 1.807) is 7.05 Å². The van der Waals surface area contributed by atoms with Gasteiger partial charge in [0, 0.05) is 12.6 Å². The van der Waals surface area contributed by atoms with E-state index in [2.05, 4.69) is 17.0 Å². The standard InChI is InChI=1S/C11H12F2N2O2S/c1-15(6-9(14)18)10(16)7-2-4-8(5-3-7)17-11(12)13/h2-5,11H,6H2,1H3,(H2,14,18).